The number of carbonyl (C=O) groups is 2. The van der Waals surface area contributed by atoms with Crippen LogP contribution in [-0.4, -0.2) is 40.4 Å². The second-order valence-electron chi connectivity index (χ2n) is 6.42. The first-order valence-corrected chi connectivity index (χ1v) is 10.0. The second kappa shape index (κ2) is 9.45. The van der Waals surface area contributed by atoms with Crippen LogP contribution in [0.15, 0.2) is 41.8 Å². The van der Waals surface area contributed by atoms with Gasteiger partial charge in [0, 0.05) is 24.1 Å². The lowest BCUT2D eigenvalue weighted by Gasteiger charge is -2.22. The zero-order valence-electron chi connectivity index (χ0n) is 15.3. The third-order valence-corrected chi connectivity index (χ3v) is 5.45. The highest BCUT2D eigenvalue weighted by Crippen LogP contribution is 2.22. The number of hydrogen-bond donors (Lipinski definition) is 2. The molecule has 1 fully saturated rings. The molecule has 7 nitrogen and oxygen atoms in total. The summed E-state index contributed by atoms with van der Waals surface area (Å²) in [5.41, 5.74) is 0.922. The van der Waals surface area contributed by atoms with Gasteiger partial charge in [0.25, 0.3) is 0 Å². The van der Waals surface area contributed by atoms with E-state index < -0.39 is 6.03 Å². The molecule has 0 unspecified atom stereocenters. The Morgan fingerprint density at radius 3 is 2.67 bits per heavy atom. The highest BCUT2D eigenvalue weighted by Gasteiger charge is 2.17. The second-order valence-corrected chi connectivity index (χ2v) is 7.37. The van der Waals surface area contributed by atoms with Crippen LogP contribution >= 0.6 is 11.8 Å². The van der Waals surface area contributed by atoms with Gasteiger partial charge in [-0.25, -0.2) is 9.78 Å². The molecular formula is C19H24N4O3S. The van der Waals surface area contributed by atoms with Crippen molar-refractivity contribution in [2.45, 2.75) is 43.3 Å². The summed E-state index contributed by atoms with van der Waals surface area (Å²) in [6.07, 6.45) is 8.95. The number of nitrogens with zero attached hydrogens (tertiary/aromatic N) is 2. The first kappa shape index (κ1) is 19.3. The Balaban J connectivity index is 1.50. The first-order valence-electron chi connectivity index (χ1n) is 9.06. The highest BCUT2D eigenvalue weighted by atomic mass is 32.2. The summed E-state index contributed by atoms with van der Waals surface area (Å²) in [6, 6.07) is 7.34. The molecule has 144 valence electrons. The van der Waals surface area contributed by atoms with Gasteiger partial charge in [-0.1, -0.05) is 31.0 Å². The van der Waals surface area contributed by atoms with Crippen molar-refractivity contribution in [1.29, 1.82) is 0 Å². The number of carbonyl (C=O) groups excluding carboxylic acids is 2. The largest absolute Gasteiger partial charge is 0.497 e. The molecule has 8 heteroatoms. The quantitative estimate of drug-likeness (QED) is 0.743. The number of hydrogen-bond acceptors (Lipinski definition) is 5. The summed E-state index contributed by atoms with van der Waals surface area (Å²) < 4.78 is 7.05. The van der Waals surface area contributed by atoms with Gasteiger partial charge in [0.05, 0.1) is 12.9 Å². The van der Waals surface area contributed by atoms with Crippen LogP contribution in [0.4, 0.5) is 4.79 Å². The summed E-state index contributed by atoms with van der Waals surface area (Å²) >= 11 is 1.28. The first-order chi connectivity index (χ1) is 13.2. The van der Waals surface area contributed by atoms with Crippen molar-refractivity contribution in [3.8, 4) is 11.4 Å². The number of benzene rings is 1. The van der Waals surface area contributed by atoms with E-state index in [0.29, 0.717) is 5.16 Å². The number of methoxy groups -OCH3 is 1. The van der Waals surface area contributed by atoms with Crippen LogP contribution in [0, 0.1) is 0 Å². The van der Waals surface area contributed by atoms with Crippen LogP contribution in [0.1, 0.15) is 32.1 Å². The molecule has 1 aliphatic carbocycles. The van der Waals surface area contributed by atoms with Crippen molar-refractivity contribution in [1.82, 2.24) is 20.2 Å². The summed E-state index contributed by atoms with van der Waals surface area (Å²) in [7, 11) is 1.62. The average molecular weight is 388 g/mol. The lowest BCUT2D eigenvalue weighted by atomic mass is 9.96. The molecule has 0 atom stereocenters. The van der Waals surface area contributed by atoms with Crippen molar-refractivity contribution in [2.24, 2.45) is 0 Å². The molecule has 0 saturated heterocycles. The molecule has 1 saturated carbocycles. The number of thioether (sulfide) groups is 1. The Bertz CT molecular complexity index is 770. The van der Waals surface area contributed by atoms with Crippen LogP contribution in [0.5, 0.6) is 5.75 Å². The average Bonchev–Trinajstić information content (AvgIpc) is 3.16. The minimum Gasteiger partial charge on any atom is -0.497 e. The minimum absolute atomic E-state index is 0.116. The fraction of sp³-hybridized carbons (Fsp3) is 0.421. The third-order valence-electron chi connectivity index (χ3n) is 4.48. The van der Waals surface area contributed by atoms with Gasteiger partial charge in [0.1, 0.15) is 5.75 Å². The maximum Gasteiger partial charge on any atom is 0.321 e. The van der Waals surface area contributed by atoms with Gasteiger partial charge >= 0.3 is 6.03 Å². The summed E-state index contributed by atoms with van der Waals surface area (Å²) in [4.78, 5) is 28.3. The molecule has 1 aromatic carbocycles. The van der Waals surface area contributed by atoms with E-state index in [1.54, 1.807) is 13.3 Å². The zero-order valence-corrected chi connectivity index (χ0v) is 16.1. The highest BCUT2D eigenvalue weighted by molar-refractivity contribution is 7.99. The lowest BCUT2D eigenvalue weighted by molar-refractivity contribution is -0.117. The monoisotopic (exact) mass is 388 g/mol. The maximum atomic E-state index is 12.1. The molecule has 2 aromatic rings. The molecule has 1 heterocycles. The Morgan fingerprint density at radius 1 is 1.22 bits per heavy atom. The van der Waals surface area contributed by atoms with E-state index >= 15 is 0 Å². The molecule has 0 bridgehead atoms. The van der Waals surface area contributed by atoms with Crippen LogP contribution in [0.2, 0.25) is 0 Å². The lowest BCUT2D eigenvalue weighted by Crippen LogP contribution is -2.45. The van der Waals surface area contributed by atoms with Crippen LogP contribution in [-0.2, 0) is 4.79 Å². The molecule has 3 amide bonds. The van der Waals surface area contributed by atoms with Crippen molar-refractivity contribution in [3.63, 3.8) is 0 Å². The topological polar surface area (TPSA) is 85.2 Å². The van der Waals surface area contributed by atoms with Crippen molar-refractivity contribution in [3.05, 3.63) is 36.7 Å². The van der Waals surface area contributed by atoms with E-state index in [4.69, 9.17) is 4.74 Å². The number of nitrogens with one attached hydrogen (secondary N) is 2. The predicted octanol–water partition coefficient (Wildman–Crippen LogP) is 3.13. The number of imide groups is 1. The predicted molar refractivity (Wildman–Crippen MR) is 104 cm³/mol. The fourth-order valence-electron chi connectivity index (χ4n) is 3.10. The molecule has 3 rings (SSSR count). The van der Waals surface area contributed by atoms with E-state index in [1.165, 1.54) is 18.2 Å². The van der Waals surface area contributed by atoms with E-state index in [2.05, 4.69) is 15.6 Å². The zero-order chi connectivity index (χ0) is 19.1. The third kappa shape index (κ3) is 5.50. The molecule has 1 aromatic heterocycles. The smallest absolute Gasteiger partial charge is 0.321 e. The maximum absolute atomic E-state index is 12.1. The Labute approximate surface area is 162 Å². The summed E-state index contributed by atoms with van der Waals surface area (Å²) in [5, 5.41) is 5.96. The molecule has 0 radical (unpaired) electrons. The fourth-order valence-corrected chi connectivity index (χ4v) is 3.87. The molecule has 1 aliphatic rings. The van der Waals surface area contributed by atoms with Gasteiger partial charge in [0.2, 0.25) is 5.91 Å². The normalized spacial score (nSPS) is 14.6. The van der Waals surface area contributed by atoms with E-state index in [0.717, 1.165) is 37.1 Å². The molecular weight excluding hydrogens is 364 g/mol. The van der Waals surface area contributed by atoms with Crippen molar-refractivity contribution in [2.75, 3.05) is 12.9 Å². The van der Waals surface area contributed by atoms with Gasteiger partial charge in [-0.15, -0.1) is 0 Å². The van der Waals surface area contributed by atoms with Crippen LogP contribution in [0.25, 0.3) is 5.69 Å². The molecule has 27 heavy (non-hydrogen) atoms. The SMILES string of the molecule is COc1ccc(-n2ccnc2SCC(=O)NC(=O)NC2CCCCC2)cc1. The standard InChI is InChI=1S/C19H24N4O3S/c1-26-16-9-7-15(8-10-16)23-12-11-20-19(23)27-13-17(24)22-18(25)21-14-5-3-2-4-6-14/h7-12,14H,2-6,13H2,1H3,(H2,21,22,24,25). The molecule has 0 aliphatic heterocycles. The van der Waals surface area contributed by atoms with Crippen molar-refractivity contribution < 1.29 is 14.3 Å². The Morgan fingerprint density at radius 2 is 1.96 bits per heavy atom. The van der Waals surface area contributed by atoms with Crippen LogP contribution < -0.4 is 15.4 Å². The van der Waals surface area contributed by atoms with E-state index in [9.17, 15) is 9.59 Å². The van der Waals surface area contributed by atoms with Gasteiger partial charge < -0.3 is 10.1 Å². The van der Waals surface area contributed by atoms with Crippen molar-refractivity contribution >= 4 is 23.7 Å². The Kier molecular flexibility index (Phi) is 6.75. The van der Waals surface area contributed by atoms with Gasteiger partial charge in [-0.3, -0.25) is 14.7 Å². The van der Waals surface area contributed by atoms with E-state index in [1.807, 2.05) is 35.0 Å². The number of aromatic nitrogens is 2. The minimum atomic E-state index is -0.411. The summed E-state index contributed by atoms with van der Waals surface area (Å²) in [5.74, 6) is 0.555. The van der Waals surface area contributed by atoms with Gasteiger partial charge in [-0.2, -0.15) is 0 Å². The number of imidazole rings is 1. The molecule has 0 spiro atoms. The number of rotatable bonds is 6. The number of amides is 3. The number of ether oxygens (including phenoxy) is 1. The van der Waals surface area contributed by atoms with Crippen LogP contribution in [0.3, 0.4) is 0 Å². The van der Waals surface area contributed by atoms with Gasteiger partial charge in [0.15, 0.2) is 5.16 Å². The van der Waals surface area contributed by atoms with E-state index in [-0.39, 0.29) is 17.7 Å². The van der Waals surface area contributed by atoms with Gasteiger partial charge in [-0.05, 0) is 37.1 Å². The Hall–Kier alpha value is -2.48. The molecule has 2 N–H and O–H groups in total. The summed E-state index contributed by atoms with van der Waals surface area (Å²) in [6.45, 7) is 0. The number of urea groups is 1.